The Bertz CT molecular complexity index is 911. The number of rotatable bonds is 3. The second-order valence-electron chi connectivity index (χ2n) is 5.88. The lowest BCUT2D eigenvalue weighted by Crippen LogP contribution is -2.08. The number of aryl methyl sites for hydroxylation is 1. The van der Waals surface area contributed by atoms with Gasteiger partial charge in [0, 0.05) is 16.8 Å². The first-order valence-electron chi connectivity index (χ1n) is 7.79. The Labute approximate surface area is 139 Å². The number of benzene rings is 2. The fourth-order valence-corrected chi connectivity index (χ4v) is 2.76. The normalized spacial score (nSPS) is 13.1. The van der Waals surface area contributed by atoms with Crippen LogP contribution in [0.25, 0.3) is 11.6 Å². The summed E-state index contributed by atoms with van der Waals surface area (Å²) in [6.07, 6.45) is 2.64. The molecule has 1 aromatic heterocycles. The largest absolute Gasteiger partial charge is 0.488 e. The third kappa shape index (κ3) is 2.76. The average Bonchev–Trinajstić information content (AvgIpc) is 3.05. The maximum atomic E-state index is 5.86. The van der Waals surface area contributed by atoms with Crippen LogP contribution in [-0.4, -0.2) is 16.7 Å². The van der Waals surface area contributed by atoms with Crippen LogP contribution in [0, 0.1) is 6.92 Å². The highest BCUT2D eigenvalue weighted by Crippen LogP contribution is 2.32. The van der Waals surface area contributed by atoms with Crippen LogP contribution < -0.4 is 10.5 Å². The van der Waals surface area contributed by atoms with Crippen LogP contribution in [0.3, 0.4) is 0 Å². The number of nitrogens with zero attached hydrogens (tertiary/aromatic N) is 2. The molecular formula is C19H17N3O2. The van der Waals surface area contributed by atoms with E-state index >= 15 is 0 Å². The van der Waals surface area contributed by atoms with Gasteiger partial charge in [0.15, 0.2) is 0 Å². The van der Waals surface area contributed by atoms with Crippen molar-refractivity contribution in [3.8, 4) is 5.75 Å². The van der Waals surface area contributed by atoms with Gasteiger partial charge in [0.05, 0.1) is 6.42 Å². The van der Waals surface area contributed by atoms with Gasteiger partial charge in [-0.2, -0.15) is 4.98 Å². The van der Waals surface area contributed by atoms with Crippen LogP contribution >= 0.6 is 0 Å². The summed E-state index contributed by atoms with van der Waals surface area (Å²) in [4.78, 5) is 4.49. The number of para-hydroxylation sites is 1. The van der Waals surface area contributed by atoms with Crippen LogP contribution in [0.4, 0.5) is 5.69 Å². The minimum atomic E-state index is 0.443. The number of hydrogen-bond donors (Lipinski definition) is 1. The van der Waals surface area contributed by atoms with E-state index < -0.39 is 0 Å². The number of hydrogen-bond acceptors (Lipinski definition) is 5. The number of fused-ring (bicyclic) bond motifs is 1. The van der Waals surface area contributed by atoms with E-state index in [1.165, 1.54) is 0 Å². The lowest BCUT2D eigenvalue weighted by atomic mass is 10.0. The van der Waals surface area contributed by atoms with Crippen molar-refractivity contribution >= 4 is 17.3 Å². The Morgan fingerprint density at radius 1 is 1.12 bits per heavy atom. The molecule has 0 radical (unpaired) electrons. The average molecular weight is 319 g/mol. The van der Waals surface area contributed by atoms with E-state index in [9.17, 15) is 0 Å². The van der Waals surface area contributed by atoms with Gasteiger partial charge in [-0.05, 0) is 36.3 Å². The van der Waals surface area contributed by atoms with Gasteiger partial charge in [0.25, 0.3) is 0 Å². The van der Waals surface area contributed by atoms with Crippen molar-refractivity contribution < 1.29 is 9.26 Å². The molecule has 2 N–H and O–H groups in total. The Kier molecular flexibility index (Phi) is 3.54. The third-order valence-electron chi connectivity index (χ3n) is 4.03. The standard InChI is InChI=1S/C19H17N3O2/c1-12-3-2-4-14-10-15(11-23-18(12)14)19-21-17(24-22-19)9-13-5-7-16(20)8-6-13/h2-8,10H,9,11,20H2,1H3. The number of aromatic nitrogens is 2. The van der Waals surface area contributed by atoms with E-state index in [0.29, 0.717) is 24.7 Å². The van der Waals surface area contributed by atoms with Gasteiger partial charge in [0.1, 0.15) is 12.4 Å². The predicted octanol–water partition coefficient (Wildman–Crippen LogP) is 3.48. The number of nitrogens with two attached hydrogens (primary N) is 1. The predicted molar refractivity (Wildman–Crippen MR) is 92.5 cm³/mol. The quantitative estimate of drug-likeness (QED) is 0.748. The third-order valence-corrected chi connectivity index (χ3v) is 4.03. The highest BCUT2D eigenvalue weighted by Gasteiger charge is 2.18. The minimum absolute atomic E-state index is 0.443. The van der Waals surface area contributed by atoms with E-state index in [4.69, 9.17) is 15.0 Å². The molecule has 5 nitrogen and oxygen atoms in total. The lowest BCUT2D eigenvalue weighted by Gasteiger charge is -2.17. The Morgan fingerprint density at radius 3 is 2.79 bits per heavy atom. The van der Waals surface area contributed by atoms with E-state index in [1.54, 1.807) is 0 Å². The molecule has 0 aliphatic carbocycles. The van der Waals surface area contributed by atoms with Crippen LogP contribution in [0.5, 0.6) is 5.75 Å². The topological polar surface area (TPSA) is 74.2 Å². The molecule has 1 aliphatic rings. The summed E-state index contributed by atoms with van der Waals surface area (Å²) in [5.41, 5.74) is 10.6. The fourth-order valence-electron chi connectivity index (χ4n) is 2.76. The monoisotopic (exact) mass is 319 g/mol. The van der Waals surface area contributed by atoms with Crippen LogP contribution in [-0.2, 0) is 6.42 Å². The highest BCUT2D eigenvalue weighted by molar-refractivity contribution is 5.83. The van der Waals surface area contributed by atoms with Crippen molar-refractivity contribution in [3.05, 3.63) is 70.9 Å². The summed E-state index contributed by atoms with van der Waals surface area (Å²) in [6.45, 7) is 2.48. The summed E-state index contributed by atoms with van der Waals surface area (Å²) in [5.74, 6) is 2.07. The molecule has 0 atom stereocenters. The van der Waals surface area contributed by atoms with E-state index in [-0.39, 0.29) is 0 Å². The number of anilines is 1. The summed E-state index contributed by atoms with van der Waals surface area (Å²) >= 11 is 0. The smallest absolute Gasteiger partial charge is 0.231 e. The summed E-state index contributed by atoms with van der Waals surface area (Å²) < 4.78 is 11.2. The second kappa shape index (κ2) is 5.85. The van der Waals surface area contributed by atoms with Gasteiger partial charge in [-0.1, -0.05) is 35.5 Å². The first kappa shape index (κ1) is 14.5. The van der Waals surface area contributed by atoms with E-state index in [1.807, 2.05) is 49.4 Å². The molecule has 2 aromatic carbocycles. The molecule has 5 heteroatoms. The molecule has 0 saturated carbocycles. The molecule has 24 heavy (non-hydrogen) atoms. The van der Waals surface area contributed by atoms with Crippen LogP contribution in [0.2, 0.25) is 0 Å². The second-order valence-corrected chi connectivity index (χ2v) is 5.88. The maximum absolute atomic E-state index is 5.86. The van der Waals surface area contributed by atoms with Gasteiger partial charge in [-0.3, -0.25) is 0 Å². The molecule has 0 bridgehead atoms. The van der Waals surface area contributed by atoms with Crippen molar-refractivity contribution in [2.45, 2.75) is 13.3 Å². The van der Waals surface area contributed by atoms with Gasteiger partial charge < -0.3 is 15.0 Å². The molecule has 3 aromatic rings. The maximum Gasteiger partial charge on any atom is 0.231 e. The molecule has 4 rings (SSSR count). The molecule has 0 spiro atoms. The fraction of sp³-hybridized carbons (Fsp3) is 0.158. The van der Waals surface area contributed by atoms with Crippen molar-refractivity contribution in [2.24, 2.45) is 0 Å². The SMILES string of the molecule is Cc1cccc2c1OCC(c1noc(Cc3ccc(N)cc3)n1)=C2. The number of nitrogen functional groups attached to an aromatic ring is 1. The van der Waals surface area contributed by atoms with Gasteiger partial charge in [-0.15, -0.1) is 0 Å². The Morgan fingerprint density at radius 2 is 1.96 bits per heavy atom. The summed E-state index contributed by atoms with van der Waals surface area (Å²) in [7, 11) is 0. The molecule has 1 aliphatic heterocycles. The molecule has 120 valence electrons. The zero-order valence-corrected chi connectivity index (χ0v) is 13.3. The van der Waals surface area contributed by atoms with Gasteiger partial charge >= 0.3 is 0 Å². The summed E-state index contributed by atoms with van der Waals surface area (Å²) in [6, 6.07) is 13.7. The minimum Gasteiger partial charge on any atom is -0.488 e. The molecule has 0 saturated heterocycles. The van der Waals surface area contributed by atoms with Crippen LogP contribution in [0.1, 0.15) is 28.4 Å². The van der Waals surface area contributed by atoms with Crippen molar-refractivity contribution in [3.63, 3.8) is 0 Å². The first-order chi connectivity index (χ1) is 11.7. The van der Waals surface area contributed by atoms with Crippen molar-refractivity contribution in [1.29, 1.82) is 0 Å². The van der Waals surface area contributed by atoms with E-state index in [0.717, 1.165) is 33.7 Å². The number of ether oxygens (including phenoxy) is 1. The highest BCUT2D eigenvalue weighted by atomic mass is 16.5. The first-order valence-corrected chi connectivity index (χ1v) is 7.79. The zero-order chi connectivity index (χ0) is 16.5. The summed E-state index contributed by atoms with van der Waals surface area (Å²) in [5, 5.41) is 4.09. The molecule has 0 unspecified atom stereocenters. The molecule has 0 amide bonds. The molecular weight excluding hydrogens is 302 g/mol. The van der Waals surface area contributed by atoms with Crippen LogP contribution in [0.15, 0.2) is 47.0 Å². The Hall–Kier alpha value is -3.08. The zero-order valence-electron chi connectivity index (χ0n) is 13.3. The molecule has 2 heterocycles. The Balaban J connectivity index is 1.58. The van der Waals surface area contributed by atoms with Crippen molar-refractivity contribution in [2.75, 3.05) is 12.3 Å². The van der Waals surface area contributed by atoms with Gasteiger partial charge in [0.2, 0.25) is 11.7 Å². The lowest BCUT2D eigenvalue weighted by molar-refractivity contribution is 0.358. The van der Waals surface area contributed by atoms with Crippen molar-refractivity contribution in [1.82, 2.24) is 10.1 Å². The van der Waals surface area contributed by atoms with E-state index in [2.05, 4.69) is 16.2 Å². The van der Waals surface area contributed by atoms with Gasteiger partial charge in [-0.25, -0.2) is 0 Å². The molecule has 0 fully saturated rings.